The Kier molecular flexibility index (Phi) is 10.9. The molecule has 0 radical (unpaired) electrons. The van der Waals surface area contributed by atoms with E-state index in [0.29, 0.717) is 59.3 Å². The van der Waals surface area contributed by atoms with Crippen molar-refractivity contribution in [1.29, 1.82) is 0 Å². The Hall–Kier alpha value is -4.93. The number of hydrogen-bond donors (Lipinski definition) is 2. The van der Waals surface area contributed by atoms with Gasteiger partial charge in [0.05, 0.1) is 53.3 Å². The number of nitrogens with zero attached hydrogens (tertiary/aromatic N) is 1. The van der Waals surface area contributed by atoms with E-state index in [1.54, 1.807) is 47.7 Å². The first-order valence-corrected chi connectivity index (χ1v) is 16.6. The average molecular weight is 674 g/mol. The van der Waals surface area contributed by atoms with Gasteiger partial charge in [0, 0.05) is 30.7 Å². The van der Waals surface area contributed by atoms with E-state index in [0.717, 1.165) is 29.5 Å². The summed E-state index contributed by atoms with van der Waals surface area (Å²) in [6.45, 7) is 5.98. The summed E-state index contributed by atoms with van der Waals surface area (Å²) in [7, 11) is 7.90. The minimum absolute atomic E-state index is 0.0946. The summed E-state index contributed by atoms with van der Waals surface area (Å²) in [5.74, 6) is 2.32. The Labute approximate surface area is 287 Å². The molecule has 0 saturated carbocycles. The Morgan fingerprint density at radius 1 is 0.837 bits per heavy atom. The maximum absolute atomic E-state index is 14.3. The number of hydrogen-bond acceptors (Lipinski definition) is 9. The summed E-state index contributed by atoms with van der Waals surface area (Å²) in [5, 5.41) is 6.37. The van der Waals surface area contributed by atoms with Crippen molar-refractivity contribution in [2.45, 2.75) is 64.6 Å². The number of aryl methyl sites for hydroxylation is 1. The summed E-state index contributed by atoms with van der Waals surface area (Å²) in [4.78, 5) is 42.6. The molecule has 0 bridgehead atoms. The topological polar surface area (TPSA) is 125 Å². The van der Waals surface area contributed by atoms with E-state index in [2.05, 4.69) is 10.6 Å². The number of ether oxygens (including phenoxy) is 5. The minimum atomic E-state index is -0.683. The van der Waals surface area contributed by atoms with Crippen molar-refractivity contribution in [3.63, 3.8) is 0 Å². The number of fused-ring (bicyclic) bond motifs is 3. The van der Waals surface area contributed by atoms with E-state index in [1.165, 1.54) is 6.92 Å². The molecule has 11 heteroatoms. The van der Waals surface area contributed by atoms with Gasteiger partial charge in [0.1, 0.15) is 17.5 Å². The maximum Gasteiger partial charge on any atom is 0.245 e. The number of rotatable bonds is 11. The van der Waals surface area contributed by atoms with Crippen molar-refractivity contribution >= 4 is 17.5 Å². The highest BCUT2D eigenvalue weighted by molar-refractivity contribution is 5.87. The molecule has 5 rings (SSSR count). The van der Waals surface area contributed by atoms with E-state index >= 15 is 0 Å². The molecule has 11 nitrogen and oxygen atoms in total. The second kappa shape index (κ2) is 15.1. The molecule has 49 heavy (non-hydrogen) atoms. The van der Waals surface area contributed by atoms with Gasteiger partial charge in [-0.05, 0) is 78.6 Å². The largest absolute Gasteiger partial charge is 0.497 e. The van der Waals surface area contributed by atoms with Crippen LogP contribution in [0.5, 0.6) is 28.7 Å². The third-order valence-corrected chi connectivity index (χ3v) is 9.50. The molecule has 3 unspecified atom stereocenters. The molecule has 1 saturated heterocycles. The number of amides is 2. The fourth-order valence-electron chi connectivity index (χ4n) is 7.13. The molecule has 0 aromatic heterocycles. The molecule has 0 spiro atoms. The normalized spacial score (nSPS) is 17.3. The van der Waals surface area contributed by atoms with Crippen LogP contribution in [0.4, 0.5) is 5.69 Å². The van der Waals surface area contributed by atoms with Gasteiger partial charge in [-0.3, -0.25) is 14.4 Å². The quantitative estimate of drug-likeness (QED) is 0.265. The standard InChI is InChI=1S/C38H47N3O8/c1-21(2)35(38(44)41-17-9-10-30(41)26-13-12-24(45-4)19-32(26)46-5)40-29-16-14-25-27(20-31(29)43)28(39-22(3)42)15-11-23-18-33(47-6)36(48-7)37(49-8)34(23)25/h12-14,16,18-21,28,30,35H,9-11,15,17H2,1-8H3,(H,39,42)(H,40,43). The summed E-state index contributed by atoms with van der Waals surface area (Å²) in [5.41, 5.74) is 3.95. The first-order valence-electron chi connectivity index (χ1n) is 16.6. The molecule has 1 heterocycles. The molecule has 262 valence electrons. The van der Waals surface area contributed by atoms with Crippen LogP contribution in [0.25, 0.3) is 11.1 Å². The fourth-order valence-corrected chi connectivity index (χ4v) is 7.13. The zero-order chi connectivity index (χ0) is 35.4. The molecule has 1 aliphatic heterocycles. The van der Waals surface area contributed by atoms with E-state index in [-0.39, 0.29) is 34.9 Å². The first-order chi connectivity index (χ1) is 23.6. The smallest absolute Gasteiger partial charge is 0.245 e. The zero-order valence-electron chi connectivity index (χ0n) is 29.6. The van der Waals surface area contributed by atoms with Crippen molar-refractivity contribution in [1.82, 2.24) is 10.2 Å². The van der Waals surface area contributed by atoms with Gasteiger partial charge in [0.15, 0.2) is 11.5 Å². The second-order valence-corrected chi connectivity index (χ2v) is 12.8. The summed E-state index contributed by atoms with van der Waals surface area (Å²) in [6, 6.07) is 11.4. The molecule has 3 aromatic carbocycles. The van der Waals surface area contributed by atoms with Crippen LogP contribution < -0.4 is 39.7 Å². The number of carbonyl (C=O) groups is 2. The Balaban J connectivity index is 1.58. The van der Waals surface area contributed by atoms with Gasteiger partial charge in [-0.25, -0.2) is 0 Å². The highest BCUT2D eigenvalue weighted by Gasteiger charge is 2.37. The lowest BCUT2D eigenvalue weighted by molar-refractivity contribution is -0.134. The SMILES string of the molecule is COc1ccc(C2CCCN2C(=O)C(Nc2ccc3c(cc2=O)C(NC(C)=O)CCc2cc(OC)c(OC)c(OC)c2-3)C(C)C)c(OC)c1. The van der Waals surface area contributed by atoms with Crippen LogP contribution in [0.15, 0.2) is 47.3 Å². The van der Waals surface area contributed by atoms with Crippen LogP contribution >= 0.6 is 0 Å². The lowest BCUT2D eigenvalue weighted by atomic mass is 9.95. The van der Waals surface area contributed by atoms with Crippen molar-refractivity contribution in [2.75, 3.05) is 47.4 Å². The van der Waals surface area contributed by atoms with Gasteiger partial charge >= 0.3 is 0 Å². The predicted octanol–water partition coefficient (Wildman–Crippen LogP) is 5.68. The van der Waals surface area contributed by atoms with Crippen molar-refractivity contribution in [3.05, 3.63) is 69.4 Å². The third kappa shape index (κ3) is 6.97. The highest BCUT2D eigenvalue weighted by atomic mass is 16.5. The lowest BCUT2D eigenvalue weighted by Gasteiger charge is -2.32. The Morgan fingerprint density at radius 2 is 1.57 bits per heavy atom. The number of anilines is 1. The van der Waals surface area contributed by atoms with Gasteiger partial charge < -0.3 is 39.2 Å². The summed E-state index contributed by atoms with van der Waals surface area (Å²) < 4.78 is 28.3. The summed E-state index contributed by atoms with van der Waals surface area (Å²) >= 11 is 0. The Morgan fingerprint density at radius 3 is 2.20 bits per heavy atom. The molecular formula is C38H47N3O8. The molecular weight excluding hydrogens is 626 g/mol. The summed E-state index contributed by atoms with van der Waals surface area (Å²) in [6.07, 6.45) is 2.77. The zero-order valence-corrected chi connectivity index (χ0v) is 29.6. The highest BCUT2D eigenvalue weighted by Crippen LogP contribution is 2.50. The number of nitrogens with one attached hydrogen (secondary N) is 2. The molecule has 2 aliphatic rings. The lowest BCUT2D eigenvalue weighted by Crippen LogP contribution is -2.46. The number of carbonyl (C=O) groups excluding carboxylic acids is 2. The van der Waals surface area contributed by atoms with E-state index < -0.39 is 12.1 Å². The monoisotopic (exact) mass is 673 g/mol. The van der Waals surface area contributed by atoms with Crippen LogP contribution in [-0.2, 0) is 16.0 Å². The van der Waals surface area contributed by atoms with Crippen molar-refractivity contribution in [2.24, 2.45) is 5.92 Å². The predicted molar refractivity (Wildman–Crippen MR) is 188 cm³/mol. The first kappa shape index (κ1) is 35.4. The Bertz CT molecular complexity index is 1770. The van der Waals surface area contributed by atoms with Gasteiger partial charge in [-0.2, -0.15) is 0 Å². The van der Waals surface area contributed by atoms with Crippen LogP contribution in [-0.4, -0.2) is 64.8 Å². The molecule has 2 N–H and O–H groups in total. The molecule has 1 aliphatic carbocycles. The molecule has 3 aromatic rings. The van der Waals surface area contributed by atoms with Crippen LogP contribution in [0.1, 0.15) is 68.8 Å². The second-order valence-electron chi connectivity index (χ2n) is 12.8. The van der Waals surface area contributed by atoms with E-state index in [4.69, 9.17) is 23.7 Å². The fraction of sp³-hybridized carbons (Fsp3) is 0.447. The number of benzene rings is 2. The van der Waals surface area contributed by atoms with Gasteiger partial charge in [-0.1, -0.05) is 19.9 Å². The van der Waals surface area contributed by atoms with Gasteiger partial charge in [-0.15, -0.1) is 0 Å². The van der Waals surface area contributed by atoms with E-state index in [1.807, 2.05) is 49.1 Å². The third-order valence-electron chi connectivity index (χ3n) is 9.50. The maximum atomic E-state index is 14.3. The van der Waals surface area contributed by atoms with Crippen molar-refractivity contribution < 1.29 is 33.3 Å². The average Bonchev–Trinajstić information content (AvgIpc) is 3.47. The number of methoxy groups -OCH3 is 5. The van der Waals surface area contributed by atoms with E-state index in [9.17, 15) is 14.4 Å². The van der Waals surface area contributed by atoms with Gasteiger partial charge in [0.2, 0.25) is 23.0 Å². The number of likely N-dealkylation sites (tertiary alicyclic amines) is 1. The molecule has 3 atom stereocenters. The minimum Gasteiger partial charge on any atom is -0.497 e. The van der Waals surface area contributed by atoms with Crippen LogP contribution in [0.2, 0.25) is 0 Å². The molecule has 1 fully saturated rings. The van der Waals surface area contributed by atoms with Gasteiger partial charge in [0.25, 0.3) is 0 Å². The van der Waals surface area contributed by atoms with Crippen LogP contribution in [0, 0.1) is 5.92 Å². The van der Waals surface area contributed by atoms with Crippen LogP contribution in [0.3, 0.4) is 0 Å². The molecule has 2 amide bonds. The van der Waals surface area contributed by atoms with Crippen molar-refractivity contribution in [3.8, 4) is 39.9 Å².